The number of Topliss-reactive ketones (excluding diaryl/α,β-unsaturated/α-hetero) is 2. The van der Waals surface area contributed by atoms with E-state index in [2.05, 4.69) is 0 Å². The number of hydrogen-bond donors (Lipinski definition) is 0. The smallest absolute Gasteiger partial charge is 0.302 e. The lowest BCUT2D eigenvalue weighted by molar-refractivity contribution is -0.147. The van der Waals surface area contributed by atoms with E-state index in [1.165, 1.54) is 35.3 Å². The summed E-state index contributed by atoms with van der Waals surface area (Å²) in [5.74, 6) is -1.32. The van der Waals surface area contributed by atoms with Gasteiger partial charge in [0.2, 0.25) is 5.91 Å². The van der Waals surface area contributed by atoms with Crippen LogP contribution in [0.3, 0.4) is 0 Å². The fraction of sp³-hybridized carbons (Fsp3) is 0.500. The van der Waals surface area contributed by atoms with Crippen LogP contribution >= 0.6 is 23.5 Å². The van der Waals surface area contributed by atoms with Crippen molar-refractivity contribution >= 4 is 47.0 Å². The summed E-state index contributed by atoms with van der Waals surface area (Å²) in [6.07, 6.45) is 4.58. The number of thioether (sulfide) groups is 2. The van der Waals surface area contributed by atoms with E-state index in [4.69, 9.17) is 4.74 Å². The van der Waals surface area contributed by atoms with Crippen molar-refractivity contribution in [3.05, 3.63) is 45.2 Å². The zero-order valence-corrected chi connectivity index (χ0v) is 21.2. The van der Waals surface area contributed by atoms with Gasteiger partial charge in [-0.15, -0.1) is 23.5 Å². The van der Waals surface area contributed by atoms with Gasteiger partial charge in [-0.2, -0.15) is 0 Å². The highest BCUT2D eigenvalue weighted by molar-refractivity contribution is 8.21. The third-order valence-electron chi connectivity index (χ3n) is 5.59. The summed E-state index contributed by atoms with van der Waals surface area (Å²) < 4.78 is 5.61. The molecule has 0 aliphatic heterocycles. The largest absolute Gasteiger partial charge is 0.464 e. The van der Waals surface area contributed by atoms with Crippen LogP contribution in [-0.2, 0) is 24.5 Å². The number of likely N-dealkylation sites (N-methyl/N-ethyl adjacent to an activating group) is 1. The third-order valence-corrected chi connectivity index (χ3v) is 7.74. The quantitative estimate of drug-likeness (QED) is 0.229. The summed E-state index contributed by atoms with van der Waals surface area (Å²) in [5.41, 5.74) is -0.543. The van der Waals surface area contributed by atoms with Gasteiger partial charge in [0.25, 0.3) is 0 Å². The van der Waals surface area contributed by atoms with Crippen molar-refractivity contribution in [3.8, 4) is 0 Å². The molecule has 1 aliphatic carbocycles. The number of hydrogen-bond acceptors (Lipinski definition) is 7. The van der Waals surface area contributed by atoms with Crippen LogP contribution in [-0.4, -0.2) is 61.1 Å². The minimum atomic E-state index is -1.49. The van der Waals surface area contributed by atoms with Gasteiger partial charge in [0.1, 0.15) is 12.0 Å². The Morgan fingerprint density at radius 2 is 1.75 bits per heavy atom. The molecule has 0 saturated carbocycles. The monoisotopic (exact) mass is 477 g/mol. The van der Waals surface area contributed by atoms with Gasteiger partial charge in [-0.25, -0.2) is 0 Å². The molecule has 0 radical (unpaired) electrons. The summed E-state index contributed by atoms with van der Waals surface area (Å²) in [4.78, 5) is 54.0. The molecule has 1 aliphatic rings. The van der Waals surface area contributed by atoms with Gasteiger partial charge in [-0.1, -0.05) is 38.1 Å². The summed E-state index contributed by atoms with van der Waals surface area (Å²) in [6.45, 7) is 5.58. The molecule has 0 heterocycles. The molecule has 6 nitrogen and oxygen atoms in total. The van der Waals surface area contributed by atoms with Crippen molar-refractivity contribution in [3.63, 3.8) is 0 Å². The number of rotatable bonds is 9. The number of carbonyl (C=O) groups excluding carboxylic acids is 4. The van der Waals surface area contributed by atoms with Gasteiger partial charge in [-0.3, -0.25) is 19.2 Å². The maximum atomic E-state index is 14.1. The van der Waals surface area contributed by atoms with Crippen molar-refractivity contribution in [1.29, 1.82) is 0 Å². The van der Waals surface area contributed by atoms with E-state index >= 15 is 0 Å². The molecule has 2 rings (SSSR count). The minimum absolute atomic E-state index is 0.0379. The van der Waals surface area contributed by atoms with Crippen LogP contribution in [0.1, 0.15) is 49.5 Å². The van der Waals surface area contributed by atoms with E-state index in [0.29, 0.717) is 28.2 Å². The topological polar surface area (TPSA) is 80.8 Å². The molecule has 1 aromatic carbocycles. The predicted octanol–water partition coefficient (Wildman–Crippen LogP) is 4.09. The Bertz CT molecular complexity index is 934. The van der Waals surface area contributed by atoms with Gasteiger partial charge < -0.3 is 9.64 Å². The Kier molecular flexibility index (Phi) is 9.16. The Hall–Kier alpha value is -2.06. The van der Waals surface area contributed by atoms with Crippen molar-refractivity contribution in [2.75, 3.05) is 32.7 Å². The number of nitrogens with zero attached hydrogens (tertiary/aromatic N) is 1. The normalized spacial score (nSPS) is 17.9. The zero-order valence-electron chi connectivity index (χ0n) is 19.5. The van der Waals surface area contributed by atoms with E-state index in [-0.39, 0.29) is 36.3 Å². The molecule has 0 N–H and O–H groups in total. The summed E-state index contributed by atoms with van der Waals surface area (Å²) in [7, 11) is 1.60. The molecule has 0 fully saturated rings. The lowest BCUT2D eigenvalue weighted by atomic mass is 9.63. The van der Waals surface area contributed by atoms with Gasteiger partial charge in [-0.05, 0) is 36.8 Å². The van der Waals surface area contributed by atoms with Crippen LogP contribution in [0.15, 0.2) is 34.1 Å². The second-order valence-electron chi connectivity index (χ2n) is 8.18. The number of benzene rings is 1. The molecule has 1 atom stereocenters. The molecule has 8 heteroatoms. The maximum absolute atomic E-state index is 14.1. The first-order valence-corrected chi connectivity index (χ1v) is 13.0. The first kappa shape index (κ1) is 26.2. The van der Waals surface area contributed by atoms with Crippen molar-refractivity contribution in [1.82, 2.24) is 4.90 Å². The number of amides is 1. The van der Waals surface area contributed by atoms with E-state index < -0.39 is 17.2 Å². The minimum Gasteiger partial charge on any atom is -0.464 e. The third kappa shape index (κ3) is 5.12. The zero-order chi connectivity index (χ0) is 24.1. The predicted molar refractivity (Wildman–Crippen MR) is 130 cm³/mol. The standard InChI is InChI=1S/C24H31NO5S2/c1-15(2)11-12-24(23(29)25(4)13-14-30-16(3)26)18-10-8-7-9-17(18)20(27)19(21(24)28)22(31-5)32-6/h7-10,15H,11-14H2,1-6H3. The number of ketones is 2. The fourth-order valence-electron chi connectivity index (χ4n) is 3.93. The second-order valence-corrected chi connectivity index (χ2v) is 10.1. The molecule has 32 heavy (non-hydrogen) atoms. The molecule has 174 valence electrons. The van der Waals surface area contributed by atoms with Gasteiger partial charge in [0, 0.05) is 19.5 Å². The van der Waals surface area contributed by atoms with Crippen molar-refractivity contribution < 1.29 is 23.9 Å². The number of allylic oxidation sites excluding steroid dienone is 1. The Morgan fingerprint density at radius 1 is 1.12 bits per heavy atom. The highest BCUT2D eigenvalue weighted by Crippen LogP contribution is 2.45. The highest BCUT2D eigenvalue weighted by Gasteiger charge is 2.55. The summed E-state index contributed by atoms with van der Waals surface area (Å²) >= 11 is 2.68. The second kappa shape index (κ2) is 11.2. The maximum Gasteiger partial charge on any atom is 0.302 e. The molecule has 1 aromatic rings. The van der Waals surface area contributed by atoms with Crippen LogP contribution < -0.4 is 0 Å². The molecule has 1 unspecified atom stereocenters. The lowest BCUT2D eigenvalue weighted by Crippen LogP contribution is -2.55. The van der Waals surface area contributed by atoms with Crippen LogP contribution in [0.2, 0.25) is 0 Å². The summed E-state index contributed by atoms with van der Waals surface area (Å²) in [6, 6.07) is 6.93. The van der Waals surface area contributed by atoms with Gasteiger partial charge in [0.05, 0.1) is 16.4 Å². The van der Waals surface area contributed by atoms with E-state index in [9.17, 15) is 19.2 Å². The first-order valence-electron chi connectivity index (χ1n) is 10.5. The van der Waals surface area contributed by atoms with Crippen molar-refractivity contribution in [2.45, 2.75) is 39.0 Å². The number of ether oxygens (including phenoxy) is 1. The SMILES string of the molecule is CSC(SC)=C1C(=O)c2ccccc2C(CCC(C)C)(C(=O)N(C)CCOC(C)=O)C1=O. The van der Waals surface area contributed by atoms with E-state index in [1.807, 2.05) is 26.4 Å². The number of fused-ring (bicyclic) bond motifs is 1. The average molecular weight is 478 g/mol. The molecule has 0 aromatic heterocycles. The number of carbonyl (C=O) groups is 4. The van der Waals surface area contributed by atoms with E-state index in [1.54, 1.807) is 31.3 Å². The Labute approximate surface area is 198 Å². The van der Waals surface area contributed by atoms with Crippen LogP contribution in [0.5, 0.6) is 0 Å². The average Bonchev–Trinajstić information content (AvgIpc) is 2.76. The van der Waals surface area contributed by atoms with Crippen LogP contribution in [0.4, 0.5) is 0 Å². The first-order chi connectivity index (χ1) is 15.1. The molecular formula is C24H31NO5S2. The van der Waals surface area contributed by atoms with Gasteiger partial charge in [0.15, 0.2) is 11.6 Å². The Balaban J connectivity index is 2.72. The molecular weight excluding hydrogens is 446 g/mol. The number of esters is 1. The lowest BCUT2D eigenvalue weighted by Gasteiger charge is -2.40. The van der Waals surface area contributed by atoms with E-state index in [0.717, 1.165) is 0 Å². The van der Waals surface area contributed by atoms with Gasteiger partial charge >= 0.3 is 5.97 Å². The van der Waals surface area contributed by atoms with Crippen LogP contribution in [0.25, 0.3) is 0 Å². The molecule has 0 bridgehead atoms. The molecule has 1 amide bonds. The molecule has 0 spiro atoms. The fourth-order valence-corrected chi connectivity index (χ4v) is 5.37. The molecule has 0 saturated heterocycles. The highest BCUT2D eigenvalue weighted by atomic mass is 32.2. The van der Waals surface area contributed by atoms with Crippen LogP contribution in [0, 0.1) is 5.92 Å². The Morgan fingerprint density at radius 3 is 2.31 bits per heavy atom. The summed E-state index contributed by atoms with van der Waals surface area (Å²) in [5, 5.41) is 0. The van der Waals surface area contributed by atoms with Crippen molar-refractivity contribution in [2.24, 2.45) is 5.92 Å².